The zero-order valence-electron chi connectivity index (χ0n) is 24.8. The lowest BCUT2D eigenvalue weighted by Crippen LogP contribution is -2.48. The van der Waals surface area contributed by atoms with Crippen LogP contribution in [0.25, 0.3) is 0 Å². The lowest BCUT2D eigenvalue weighted by molar-refractivity contribution is -0.297. The van der Waals surface area contributed by atoms with Crippen molar-refractivity contribution in [3.8, 4) is 0 Å². The van der Waals surface area contributed by atoms with Crippen LogP contribution in [0.15, 0.2) is 12.2 Å². The van der Waals surface area contributed by atoms with Crippen LogP contribution in [0.1, 0.15) is 155 Å². The number of unbranched alkanes of at least 4 members (excludes halogenated alkanes) is 15. The monoisotopic (exact) mass is 548 g/mol. The summed E-state index contributed by atoms with van der Waals surface area (Å²) in [6.45, 7) is 2.73. The fraction of sp³-hybridized carbons (Fsp3) is 0.879. The second-order valence-corrected chi connectivity index (χ2v) is 12.4. The molecule has 0 aromatic rings. The van der Waals surface area contributed by atoms with Crippen LogP contribution in [0.4, 0.5) is 0 Å². The highest BCUT2D eigenvalue weighted by molar-refractivity contribution is 5.90. The van der Waals surface area contributed by atoms with Crippen molar-refractivity contribution in [3.05, 3.63) is 12.2 Å². The Morgan fingerprint density at radius 1 is 0.897 bits per heavy atom. The highest BCUT2D eigenvalue weighted by atomic mass is 16.7. The van der Waals surface area contributed by atoms with E-state index < -0.39 is 23.6 Å². The largest absolute Gasteiger partial charge is 0.466 e. The number of esters is 1. The molecular weight excluding hydrogens is 492 g/mol. The van der Waals surface area contributed by atoms with Crippen LogP contribution in [0, 0.1) is 0 Å². The Bertz CT molecular complexity index is 750. The number of ether oxygens (including phenoxy) is 3. The molecule has 0 aromatic heterocycles. The van der Waals surface area contributed by atoms with Crippen molar-refractivity contribution >= 4 is 11.8 Å². The maximum Gasteiger partial charge on any atom is 0.308 e. The summed E-state index contributed by atoms with van der Waals surface area (Å²) >= 11 is 0. The number of hydrogen-bond donors (Lipinski definition) is 1. The number of ketones is 1. The molecule has 2 saturated heterocycles. The van der Waals surface area contributed by atoms with Gasteiger partial charge < -0.3 is 19.3 Å². The number of hydrogen-bond acceptors (Lipinski definition) is 6. The molecule has 2 aliphatic heterocycles. The second-order valence-electron chi connectivity index (χ2n) is 12.4. The predicted molar refractivity (Wildman–Crippen MR) is 154 cm³/mol. The first-order valence-corrected chi connectivity index (χ1v) is 16.4. The Kier molecular flexibility index (Phi) is 14.5. The van der Waals surface area contributed by atoms with Crippen LogP contribution in [0.2, 0.25) is 0 Å². The smallest absolute Gasteiger partial charge is 0.308 e. The van der Waals surface area contributed by atoms with Gasteiger partial charge in [0.25, 0.3) is 0 Å². The van der Waals surface area contributed by atoms with Crippen LogP contribution in [0.3, 0.4) is 0 Å². The Balaban J connectivity index is 1.16. The van der Waals surface area contributed by atoms with Crippen molar-refractivity contribution < 1.29 is 28.9 Å². The summed E-state index contributed by atoms with van der Waals surface area (Å²) in [5.74, 6) is -1.01. The Hall–Kier alpha value is -1.24. The minimum Gasteiger partial charge on any atom is -0.466 e. The molecule has 0 aromatic carbocycles. The summed E-state index contributed by atoms with van der Waals surface area (Å²) in [4.78, 5) is 24.0. The molecule has 1 N–H and O–H groups in total. The van der Waals surface area contributed by atoms with Crippen molar-refractivity contribution in [2.75, 3.05) is 6.61 Å². The van der Waals surface area contributed by atoms with Crippen LogP contribution in [0.5, 0.6) is 0 Å². The van der Waals surface area contributed by atoms with Gasteiger partial charge in [-0.05, 0) is 31.4 Å². The molecule has 39 heavy (non-hydrogen) atoms. The fourth-order valence-electron chi connectivity index (χ4n) is 6.49. The van der Waals surface area contributed by atoms with Crippen LogP contribution in [-0.2, 0) is 23.8 Å². The van der Waals surface area contributed by atoms with E-state index in [9.17, 15) is 14.7 Å². The van der Waals surface area contributed by atoms with E-state index in [1.165, 1.54) is 89.9 Å². The average molecular weight is 549 g/mol. The van der Waals surface area contributed by atoms with Gasteiger partial charge in [-0.15, -0.1) is 0 Å². The zero-order valence-corrected chi connectivity index (χ0v) is 24.8. The average Bonchev–Trinajstić information content (AvgIpc) is 3.23. The molecule has 2 unspecified atom stereocenters. The lowest BCUT2D eigenvalue weighted by Gasteiger charge is -2.42. The van der Waals surface area contributed by atoms with Crippen molar-refractivity contribution in [1.82, 2.24) is 0 Å². The Morgan fingerprint density at radius 2 is 1.49 bits per heavy atom. The van der Waals surface area contributed by atoms with E-state index in [0.29, 0.717) is 38.7 Å². The molecule has 1 aliphatic carbocycles. The number of aliphatic hydroxyl groups excluding tert-OH is 1. The highest BCUT2D eigenvalue weighted by Crippen LogP contribution is 2.48. The Labute approximate surface area is 237 Å². The molecule has 2 spiro atoms. The van der Waals surface area contributed by atoms with Gasteiger partial charge in [-0.25, -0.2) is 0 Å². The minimum absolute atomic E-state index is 0.125. The van der Waals surface area contributed by atoms with Crippen LogP contribution < -0.4 is 0 Å². The number of carbonyl (C=O) groups excluding carboxylic acids is 2. The fourth-order valence-corrected chi connectivity index (χ4v) is 6.49. The molecule has 0 amide bonds. The van der Waals surface area contributed by atoms with Crippen molar-refractivity contribution in [2.24, 2.45) is 0 Å². The third-order valence-electron chi connectivity index (χ3n) is 8.80. The van der Waals surface area contributed by atoms with Gasteiger partial charge in [-0.2, -0.15) is 0 Å². The third-order valence-corrected chi connectivity index (χ3v) is 8.80. The molecule has 3 rings (SSSR count). The van der Waals surface area contributed by atoms with E-state index in [1.54, 1.807) is 6.08 Å². The van der Waals surface area contributed by atoms with Crippen LogP contribution in [-0.4, -0.2) is 47.1 Å². The topological polar surface area (TPSA) is 82.1 Å². The van der Waals surface area contributed by atoms with Crippen molar-refractivity contribution in [1.29, 1.82) is 0 Å². The van der Waals surface area contributed by atoms with E-state index in [0.717, 1.165) is 19.3 Å². The molecule has 2 heterocycles. The van der Waals surface area contributed by atoms with Gasteiger partial charge in [0, 0.05) is 25.7 Å². The van der Waals surface area contributed by atoms with Gasteiger partial charge in [0.2, 0.25) is 0 Å². The van der Waals surface area contributed by atoms with E-state index in [2.05, 4.69) is 6.92 Å². The molecule has 6 nitrogen and oxygen atoms in total. The lowest BCUT2D eigenvalue weighted by atomic mass is 9.87. The summed E-state index contributed by atoms with van der Waals surface area (Å²) in [5.41, 5.74) is -0.483. The molecule has 4 atom stereocenters. The van der Waals surface area contributed by atoms with Gasteiger partial charge >= 0.3 is 5.97 Å². The van der Waals surface area contributed by atoms with E-state index >= 15 is 0 Å². The SMILES string of the molecule is CCCCCCCCCCCCCCCCCCOC(=O)CC1CC(O)C[C@@]2(CC[C@]3(C=CC(=O)CC3)O2)O1. The first-order valence-electron chi connectivity index (χ1n) is 16.4. The maximum atomic E-state index is 12.4. The highest BCUT2D eigenvalue weighted by Gasteiger charge is 2.53. The van der Waals surface area contributed by atoms with E-state index in [-0.39, 0.29) is 18.2 Å². The minimum atomic E-state index is -0.874. The molecule has 3 aliphatic rings. The number of carbonyl (C=O) groups is 2. The summed E-state index contributed by atoms with van der Waals surface area (Å²) in [7, 11) is 0. The summed E-state index contributed by atoms with van der Waals surface area (Å²) in [6, 6.07) is 0. The maximum absolute atomic E-state index is 12.4. The van der Waals surface area contributed by atoms with Crippen molar-refractivity contribution in [2.45, 2.75) is 178 Å². The van der Waals surface area contributed by atoms with Crippen molar-refractivity contribution in [3.63, 3.8) is 0 Å². The normalized spacial score (nSPS) is 28.5. The molecule has 2 fully saturated rings. The van der Waals surface area contributed by atoms with E-state index in [4.69, 9.17) is 14.2 Å². The van der Waals surface area contributed by atoms with Gasteiger partial charge in [0.05, 0.1) is 30.8 Å². The summed E-state index contributed by atoms with van der Waals surface area (Å²) in [6.07, 6.45) is 27.1. The number of aliphatic hydroxyl groups is 1. The van der Waals surface area contributed by atoms with Gasteiger partial charge in [0.1, 0.15) is 0 Å². The number of allylic oxidation sites excluding steroid dienone is 1. The van der Waals surface area contributed by atoms with Gasteiger partial charge in [-0.1, -0.05) is 103 Å². The molecule has 224 valence electrons. The summed E-state index contributed by atoms with van der Waals surface area (Å²) in [5, 5.41) is 10.5. The van der Waals surface area contributed by atoms with Gasteiger partial charge in [0.15, 0.2) is 11.6 Å². The zero-order chi connectivity index (χ0) is 27.8. The third kappa shape index (κ3) is 12.0. The second kappa shape index (κ2) is 17.5. The molecular formula is C33H56O6. The molecule has 0 saturated carbocycles. The molecule has 0 radical (unpaired) electrons. The Morgan fingerprint density at radius 3 is 2.05 bits per heavy atom. The first kappa shape index (κ1) is 32.3. The first-order chi connectivity index (χ1) is 18.9. The molecule has 0 bridgehead atoms. The molecule has 6 heteroatoms. The number of rotatable bonds is 19. The van der Waals surface area contributed by atoms with Gasteiger partial charge in [-0.3, -0.25) is 9.59 Å². The van der Waals surface area contributed by atoms with Crippen LogP contribution >= 0.6 is 0 Å². The summed E-state index contributed by atoms with van der Waals surface area (Å²) < 4.78 is 18.1. The predicted octanol–water partition coefficient (Wildman–Crippen LogP) is 7.89. The van der Waals surface area contributed by atoms with E-state index in [1.807, 2.05) is 6.08 Å². The standard InChI is InChI=1S/C33H56O6/c1-2-3-4-5-6-7-8-9-10-11-12-13-14-15-16-17-24-37-31(36)26-30-25-29(35)27-33(38-30)23-22-32(39-33)20-18-28(34)19-21-32/h18,20,29-30,35H,2-17,19,21-27H2,1H3/t29?,30?,32-,33+/m1/s1. The quantitative estimate of drug-likeness (QED) is 0.131.